The minimum atomic E-state index is 0.552. The van der Waals surface area contributed by atoms with Gasteiger partial charge in [-0.05, 0) is 44.8 Å². The van der Waals surface area contributed by atoms with E-state index in [0.717, 1.165) is 0 Å². The average Bonchev–Trinajstić information content (AvgIpc) is 2.52. The van der Waals surface area contributed by atoms with E-state index in [4.69, 9.17) is 0 Å². The molecular weight excluding hydrogens is 160 g/mol. The summed E-state index contributed by atoms with van der Waals surface area (Å²) < 4.78 is 0. The molecule has 0 bridgehead atoms. The molecule has 72 valence electrons. The summed E-state index contributed by atoms with van der Waals surface area (Å²) in [4.78, 5) is 0. The molecular formula is C11H18N2. The molecule has 0 amide bonds. The van der Waals surface area contributed by atoms with E-state index in [-0.39, 0.29) is 0 Å². The van der Waals surface area contributed by atoms with Gasteiger partial charge in [-0.25, -0.2) is 0 Å². The van der Waals surface area contributed by atoms with E-state index in [1.165, 1.54) is 25.0 Å². The summed E-state index contributed by atoms with van der Waals surface area (Å²) in [6.07, 6.45) is 8.32. The lowest BCUT2D eigenvalue weighted by Crippen LogP contribution is -2.41. The van der Waals surface area contributed by atoms with E-state index in [2.05, 4.69) is 43.2 Å². The van der Waals surface area contributed by atoms with E-state index in [0.29, 0.717) is 6.04 Å². The fourth-order valence-electron chi connectivity index (χ4n) is 2.22. The van der Waals surface area contributed by atoms with Crippen molar-refractivity contribution >= 4 is 0 Å². The molecule has 2 heteroatoms. The fraction of sp³-hybridized carbons (Fsp3) is 0.636. The third-order valence-electron chi connectivity index (χ3n) is 2.92. The molecule has 1 heterocycles. The Kier molecular flexibility index (Phi) is 2.06. The van der Waals surface area contributed by atoms with Gasteiger partial charge in [0.05, 0.1) is 0 Å². The minimum Gasteiger partial charge on any atom is -0.293 e. The Bertz CT molecular complexity index is 263. The monoisotopic (exact) mass is 178 g/mol. The van der Waals surface area contributed by atoms with Crippen LogP contribution in [0.15, 0.2) is 23.5 Å². The maximum absolute atomic E-state index is 2.31. The van der Waals surface area contributed by atoms with Crippen LogP contribution in [0.2, 0.25) is 0 Å². The third-order valence-corrected chi connectivity index (χ3v) is 2.92. The summed E-state index contributed by atoms with van der Waals surface area (Å²) >= 11 is 0. The summed E-state index contributed by atoms with van der Waals surface area (Å²) in [5.41, 5.74) is 3.07. The number of rotatable bonds is 1. The molecule has 2 rings (SSSR count). The molecule has 0 aromatic heterocycles. The predicted octanol–water partition coefficient (Wildman–Crippen LogP) is 2.51. The normalized spacial score (nSPS) is 21.8. The number of hydrazine groups is 1. The molecule has 0 spiro atoms. The number of allylic oxidation sites excluding steroid dienone is 3. The molecule has 0 saturated carbocycles. The van der Waals surface area contributed by atoms with Gasteiger partial charge in [-0.3, -0.25) is 10.0 Å². The molecule has 1 aliphatic heterocycles. The third kappa shape index (κ3) is 1.34. The lowest BCUT2D eigenvalue weighted by molar-refractivity contribution is 0.0514. The molecule has 0 N–H and O–H groups in total. The first-order chi connectivity index (χ1) is 6.20. The summed E-state index contributed by atoms with van der Waals surface area (Å²) in [6, 6.07) is 0.552. The van der Waals surface area contributed by atoms with Crippen molar-refractivity contribution in [3.05, 3.63) is 23.5 Å². The van der Waals surface area contributed by atoms with Crippen LogP contribution in [0.1, 0.15) is 33.1 Å². The molecule has 0 aromatic carbocycles. The molecule has 0 aromatic rings. The van der Waals surface area contributed by atoms with Crippen LogP contribution in [0.4, 0.5) is 0 Å². The Morgan fingerprint density at radius 1 is 1.31 bits per heavy atom. The van der Waals surface area contributed by atoms with Crippen LogP contribution in [0.3, 0.4) is 0 Å². The van der Waals surface area contributed by atoms with Gasteiger partial charge in [0.1, 0.15) is 0 Å². The van der Waals surface area contributed by atoms with Gasteiger partial charge in [-0.1, -0.05) is 0 Å². The van der Waals surface area contributed by atoms with Crippen molar-refractivity contribution in [2.75, 3.05) is 7.05 Å². The second-order valence-electron chi connectivity index (χ2n) is 4.14. The zero-order chi connectivity index (χ0) is 9.42. The van der Waals surface area contributed by atoms with Gasteiger partial charge < -0.3 is 0 Å². The van der Waals surface area contributed by atoms with Crippen LogP contribution >= 0.6 is 0 Å². The molecule has 0 unspecified atom stereocenters. The van der Waals surface area contributed by atoms with Crippen LogP contribution in [-0.2, 0) is 0 Å². The van der Waals surface area contributed by atoms with Crippen LogP contribution < -0.4 is 0 Å². The van der Waals surface area contributed by atoms with E-state index < -0.39 is 0 Å². The van der Waals surface area contributed by atoms with Crippen LogP contribution in [-0.4, -0.2) is 23.1 Å². The van der Waals surface area contributed by atoms with Crippen molar-refractivity contribution in [2.45, 2.75) is 39.2 Å². The molecule has 2 nitrogen and oxygen atoms in total. The second-order valence-corrected chi connectivity index (χ2v) is 4.14. The summed E-state index contributed by atoms with van der Waals surface area (Å²) in [5.74, 6) is 0. The van der Waals surface area contributed by atoms with Crippen molar-refractivity contribution in [2.24, 2.45) is 0 Å². The highest BCUT2D eigenvalue weighted by Gasteiger charge is 2.23. The van der Waals surface area contributed by atoms with Gasteiger partial charge in [-0.15, -0.1) is 0 Å². The van der Waals surface area contributed by atoms with E-state index in [1.807, 2.05) is 0 Å². The lowest BCUT2D eigenvalue weighted by Gasteiger charge is -2.39. The highest BCUT2D eigenvalue weighted by atomic mass is 15.6. The molecule has 2 aliphatic rings. The largest absolute Gasteiger partial charge is 0.293 e. The van der Waals surface area contributed by atoms with E-state index in [9.17, 15) is 0 Å². The summed E-state index contributed by atoms with van der Waals surface area (Å²) in [6.45, 7) is 4.45. The molecule has 0 atom stereocenters. The minimum absolute atomic E-state index is 0.552. The molecule has 0 fully saturated rings. The number of nitrogens with zero attached hydrogens (tertiary/aromatic N) is 2. The Labute approximate surface area is 80.5 Å². The average molecular weight is 178 g/mol. The van der Waals surface area contributed by atoms with E-state index >= 15 is 0 Å². The fourth-order valence-corrected chi connectivity index (χ4v) is 2.22. The van der Waals surface area contributed by atoms with Crippen molar-refractivity contribution in [3.63, 3.8) is 0 Å². The van der Waals surface area contributed by atoms with Gasteiger partial charge >= 0.3 is 0 Å². The molecule has 1 aliphatic carbocycles. The highest BCUT2D eigenvalue weighted by molar-refractivity contribution is 5.31. The van der Waals surface area contributed by atoms with E-state index in [1.54, 1.807) is 5.57 Å². The van der Waals surface area contributed by atoms with Crippen LogP contribution in [0.5, 0.6) is 0 Å². The van der Waals surface area contributed by atoms with Gasteiger partial charge in [0.2, 0.25) is 0 Å². The second kappa shape index (κ2) is 3.09. The van der Waals surface area contributed by atoms with Crippen LogP contribution in [0, 0.1) is 0 Å². The first kappa shape index (κ1) is 8.67. The molecule has 0 radical (unpaired) electrons. The zero-order valence-electron chi connectivity index (χ0n) is 8.75. The Morgan fingerprint density at radius 2 is 2.08 bits per heavy atom. The quantitative estimate of drug-likeness (QED) is 0.608. The maximum Gasteiger partial charge on any atom is 0.0443 e. The first-order valence-electron chi connectivity index (χ1n) is 5.12. The van der Waals surface area contributed by atoms with Crippen molar-refractivity contribution in [1.29, 1.82) is 0 Å². The van der Waals surface area contributed by atoms with Gasteiger partial charge in [-0.2, -0.15) is 0 Å². The topological polar surface area (TPSA) is 6.48 Å². The number of hydrogen-bond donors (Lipinski definition) is 0. The molecule has 13 heavy (non-hydrogen) atoms. The predicted molar refractivity (Wildman–Crippen MR) is 54.8 cm³/mol. The highest BCUT2D eigenvalue weighted by Crippen LogP contribution is 2.33. The Balaban J connectivity index is 2.22. The summed E-state index contributed by atoms with van der Waals surface area (Å²) in [7, 11) is 2.17. The SMILES string of the molecule is CC(C)N1C=CC2=C(CCC2)N1C. The van der Waals surface area contributed by atoms with Gasteiger partial charge in [0.15, 0.2) is 0 Å². The maximum atomic E-state index is 2.31. The van der Waals surface area contributed by atoms with Crippen molar-refractivity contribution in [3.8, 4) is 0 Å². The Morgan fingerprint density at radius 3 is 2.77 bits per heavy atom. The standard InChI is InChI=1S/C11H18N2/c1-9(2)13-8-7-10-5-4-6-11(10)12(13)3/h7-9H,4-6H2,1-3H3. The lowest BCUT2D eigenvalue weighted by atomic mass is 10.2. The summed E-state index contributed by atoms with van der Waals surface area (Å²) in [5, 5.41) is 4.61. The molecule has 0 saturated heterocycles. The van der Waals surface area contributed by atoms with Crippen molar-refractivity contribution in [1.82, 2.24) is 10.0 Å². The van der Waals surface area contributed by atoms with Gasteiger partial charge in [0.25, 0.3) is 0 Å². The van der Waals surface area contributed by atoms with Crippen LogP contribution in [0.25, 0.3) is 0 Å². The number of hydrogen-bond acceptors (Lipinski definition) is 2. The first-order valence-corrected chi connectivity index (χ1v) is 5.12. The van der Waals surface area contributed by atoms with Crippen molar-refractivity contribution < 1.29 is 0 Å². The zero-order valence-corrected chi connectivity index (χ0v) is 8.75. The Hall–Kier alpha value is -0.920. The van der Waals surface area contributed by atoms with Gasteiger partial charge in [0, 0.05) is 25.0 Å². The smallest absolute Gasteiger partial charge is 0.0443 e.